The van der Waals surface area contributed by atoms with Crippen LogP contribution in [0.2, 0.25) is 0 Å². The second-order valence-electron chi connectivity index (χ2n) is 3.78. The number of hydrogen-bond donors (Lipinski definition) is 1. The second kappa shape index (κ2) is 6.88. The van der Waals surface area contributed by atoms with Crippen molar-refractivity contribution in [1.82, 2.24) is 0 Å². The van der Waals surface area contributed by atoms with Crippen LogP contribution in [0.1, 0.15) is 31.7 Å². The lowest BCUT2D eigenvalue weighted by Crippen LogP contribution is -2.24. The first-order chi connectivity index (χ1) is 7.80. The van der Waals surface area contributed by atoms with Crippen LogP contribution in [-0.2, 0) is 11.2 Å². The van der Waals surface area contributed by atoms with Gasteiger partial charge in [-0.2, -0.15) is 0 Å². The molecule has 1 aromatic rings. The zero-order chi connectivity index (χ0) is 11.8. The van der Waals surface area contributed by atoms with Gasteiger partial charge >= 0.3 is 0 Å². The van der Waals surface area contributed by atoms with E-state index in [0.29, 0.717) is 6.10 Å². The molecule has 1 fully saturated rings. The minimum Gasteiger partial charge on any atom is -0.490 e. The van der Waals surface area contributed by atoms with Crippen molar-refractivity contribution < 1.29 is 14.6 Å². The van der Waals surface area contributed by atoms with Crippen molar-refractivity contribution in [2.24, 2.45) is 0 Å². The zero-order valence-electron chi connectivity index (χ0n) is 9.56. The van der Waals surface area contributed by atoms with Crippen LogP contribution in [0.15, 0.2) is 24.3 Å². The number of carboxylic acid groups (broad SMARTS) is 1. The molecule has 3 heteroatoms. The molecular weight excluding hydrogens is 204 g/mol. The predicted octanol–water partition coefficient (Wildman–Crippen LogP) is 2.88. The Morgan fingerprint density at radius 3 is 2.69 bits per heavy atom. The van der Waals surface area contributed by atoms with Gasteiger partial charge in [0.25, 0.3) is 6.47 Å². The quantitative estimate of drug-likeness (QED) is 0.800. The molecule has 0 spiro atoms. The Balaban J connectivity index is 0.000000386. The van der Waals surface area contributed by atoms with Crippen molar-refractivity contribution in [2.45, 2.75) is 38.7 Å². The summed E-state index contributed by atoms with van der Waals surface area (Å²) in [5, 5.41) is 6.89. The molecule has 0 atom stereocenters. The number of hydrogen-bond acceptors (Lipinski definition) is 2. The van der Waals surface area contributed by atoms with E-state index in [0.717, 1.165) is 12.2 Å². The smallest absolute Gasteiger partial charge is 0.290 e. The maximum Gasteiger partial charge on any atom is 0.290 e. The van der Waals surface area contributed by atoms with E-state index in [4.69, 9.17) is 14.6 Å². The van der Waals surface area contributed by atoms with Crippen molar-refractivity contribution in [2.75, 3.05) is 0 Å². The zero-order valence-corrected chi connectivity index (χ0v) is 9.56. The lowest BCUT2D eigenvalue weighted by atomic mass is 9.96. The molecule has 88 valence electrons. The number of ether oxygens (including phenoxy) is 1. The van der Waals surface area contributed by atoms with Crippen molar-refractivity contribution >= 4 is 6.47 Å². The molecule has 1 aromatic carbocycles. The van der Waals surface area contributed by atoms with Gasteiger partial charge in [-0.05, 0) is 43.4 Å². The fraction of sp³-hybridized carbons (Fsp3) is 0.462. The van der Waals surface area contributed by atoms with Crippen LogP contribution in [-0.4, -0.2) is 17.7 Å². The molecule has 1 N–H and O–H groups in total. The molecule has 1 aliphatic carbocycles. The molecule has 16 heavy (non-hydrogen) atoms. The third-order valence-corrected chi connectivity index (χ3v) is 2.66. The minimum atomic E-state index is -0.250. The fourth-order valence-corrected chi connectivity index (χ4v) is 1.52. The van der Waals surface area contributed by atoms with E-state index in [1.54, 1.807) is 0 Å². The largest absolute Gasteiger partial charge is 0.490 e. The van der Waals surface area contributed by atoms with Crippen LogP contribution < -0.4 is 4.74 Å². The van der Waals surface area contributed by atoms with Gasteiger partial charge < -0.3 is 9.84 Å². The summed E-state index contributed by atoms with van der Waals surface area (Å²) >= 11 is 0. The van der Waals surface area contributed by atoms with Crippen LogP contribution >= 0.6 is 0 Å². The Labute approximate surface area is 96.1 Å². The molecule has 0 bridgehead atoms. The highest BCUT2D eigenvalue weighted by molar-refractivity contribution is 5.32. The molecule has 0 radical (unpaired) electrons. The first-order valence-electron chi connectivity index (χ1n) is 5.63. The van der Waals surface area contributed by atoms with E-state index < -0.39 is 0 Å². The van der Waals surface area contributed by atoms with Crippen LogP contribution in [0.4, 0.5) is 0 Å². The summed E-state index contributed by atoms with van der Waals surface area (Å²) in [6.45, 7) is 1.92. The number of rotatable bonds is 3. The lowest BCUT2D eigenvalue weighted by Gasteiger charge is -2.26. The minimum absolute atomic E-state index is 0.250. The molecule has 0 amide bonds. The van der Waals surface area contributed by atoms with Crippen molar-refractivity contribution in [3.05, 3.63) is 29.8 Å². The number of benzene rings is 1. The Morgan fingerprint density at radius 2 is 2.19 bits per heavy atom. The maximum absolute atomic E-state index is 8.36. The summed E-state index contributed by atoms with van der Waals surface area (Å²) in [4.78, 5) is 8.36. The molecule has 3 nitrogen and oxygen atoms in total. The van der Waals surface area contributed by atoms with Gasteiger partial charge in [0.15, 0.2) is 0 Å². The average Bonchev–Trinajstić information content (AvgIpc) is 2.25. The highest BCUT2D eigenvalue weighted by Crippen LogP contribution is 2.25. The molecular formula is C13H18O3. The van der Waals surface area contributed by atoms with E-state index in [2.05, 4.69) is 31.2 Å². The van der Waals surface area contributed by atoms with Crippen molar-refractivity contribution in [1.29, 1.82) is 0 Å². The van der Waals surface area contributed by atoms with Gasteiger partial charge in [0.2, 0.25) is 0 Å². The third-order valence-electron chi connectivity index (χ3n) is 2.66. The monoisotopic (exact) mass is 222 g/mol. The third kappa shape index (κ3) is 3.93. The van der Waals surface area contributed by atoms with Crippen LogP contribution in [0.5, 0.6) is 5.75 Å². The molecule has 0 aromatic heterocycles. The first-order valence-corrected chi connectivity index (χ1v) is 5.63. The average molecular weight is 222 g/mol. The SMILES string of the molecule is CCc1cccc(OC2CCC2)c1.O=CO. The van der Waals surface area contributed by atoms with Gasteiger partial charge in [-0.25, -0.2) is 0 Å². The summed E-state index contributed by atoms with van der Waals surface area (Å²) < 4.78 is 5.79. The molecule has 0 heterocycles. The Bertz CT molecular complexity index is 319. The van der Waals surface area contributed by atoms with E-state index in [1.807, 2.05) is 0 Å². The van der Waals surface area contributed by atoms with E-state index in [1.165, 1.54) is 24.8 Å². The Morgan fingerprint density at radius 1 is 1.50 bits per heavy atom. The molecule has 1 aliphatic rings. The highest BCUT2D eigenvalue weighted by Gasteiger charge is 2.18. The van der Waals surface area contributed by atoms with Crippen molar-refractivity contribution in [3.63, 3.8) is 0 Å². The van der Waals surface area contributed by atoms with E-state index in [9.17, 15) is 0 Å². The predicted molar refractivity (Wildman–Crippen MR) is 62.8 cm³/mol. The Hall–Kier alpha value is -1.51. The molecule has 0 unspecified atom stereocenters. The van der Waals surface area contributed by atoms with E-state index in [-0.39, 0.29) is 6.47 Å². The summed E-state index contributed by atoms with van der Waals surface area (Å²) in [5.74, 6) is 1.05. The molecule has 0 saturated heterocycles. The van der Waals surface area contributed by atoms with Crippen LogP contribution in [0.3, 0.4) is 0 Å². The second-order valence-corrected chi connectivity index (χ2v) is 3.78. The first kappa shape index (κ1) is 12.6. The van der Waals surface area contributed by atoms with E-state index >= 15 is 0 Å². The summed E-state index contributed by atoms with van der Waals surface area (Å²) in [6, 6.07) is 8.43. The van der Waals surface area contributed by atoms with Gasteiger partial charge in [-0.3, -0.25) is 4.79 Å². The van der Waals surface area contributed by atoms with Gasteiger partial charge in [-0.1, -0.05) is 19.1 Å². The molecule has 1 saturated carbocycles. The number of carbonyl (C=O) groups is 1. The normalized spacial score (nSPS) is 14.3. The number of aryl methyl sites for hydroxylation is 1. The standard InChI is InChI=1S/C12H16O.CH2O2/c1-2-10-5-3-8-12(9-10)13-11-6-4-7-11;2-1-3/h3,5,8-9,11H,2,4,6-7H2,1H3;1H,(H,2,3). The lowest BCUT2D eigenvalue weighted by molar-refractivity contribution is -0.122. The van der Waals surface area contributed by atoms with Gasteiger partial charge in [0.05, 0.1) is 6.10 Å². The molecule has 2 rings (SSSR count). The topological polar surface area (TPSA) is 46.5 Å². The van der Waals surface area contributed by atoms with Crippen LogP contribution in [0, 0.1) is 0 Å². The summed E-state index contributed by atoms with van der Waals surface area (Å²) in [5.41, 5.74) is 1.36. The maximum atomic E-state index is 8.36. The van der Waals surface area contributed by atoms with Crippen molar-refractivity contribution in [3.8, 4) is 5.75 Å². The highest BCUT2D eigenvalue weighted by atomic mass is 16.5. The molecule has 0 aliphatic heterocycles. The summed E-state index contributed by atoms with van der Waals surface area (Å²) in [6.07, 6.45) is 5.37. The van der Waals surface area contributed by atoms with Gasteiger partial charge in [0.1, 0.15) is 5.75 Å². The van der Waals surface area contributed by atoms with Gasteiger partial charge in [0, 0.05) is 0 Å². The van der Waals surface area contributed by atoms with Gasteiger partial charge in [-0.15, -0.1) is 0 Å². The van der Waals surface area contributed by atoms with Crippen LogP contribution in [0.25, 0.3) is 0 Å². The fourth-order valence-electron chi connectivity index (χ4n) is 1.52. The summed E-state index contributed by atoms with van der Waals surface area (Å²) in [7, 11) is 0. The Kier molecular flexibility index (Phi) is 5.40.